The summed E-state index contributed by atoms with van der Waals surface area (Å²) >= 11 is 0. The molecule has 0 fully saturated rings. The van der Waals surface area contributed by atoms with Crippen molar-refractivity contribution in [1.29, 1.82) is 0 Å². The lowest BCUT2D eigenvalue weighted by atomic mass is 10.1. The number of nitrogens with zero attached hydrogens (tertiary/aromatic N) is 2. The van der Waals surface area contributed by atoms with Gasteiger partial charge in [-0.05, 0) is 24.6 Å². The molecule has 0 aliphatic rings. The van der Waals surface area contributed by atoms with Gasteiger partial charge < -0.3 is 15.5 Å². The van der Waals surface area contributed by atoms with Gasteiger partial charge in [0.05, 0.1) is 0 Å². The first-order chi connectivity index (χ1) is 7.97. The summed E-state index contributed by atoms with van der Waals surface area (Å²) < 4.78 is 0. The molecule has 1 rings (SSSR count). The first kappa shape index (κ1) is 13.5. The van der Waals surface area contributed by atoms with Crippen LogP contribution < -0.4 is 10.6 Å². The van der Waals surface area contributed by atoms with E-state index in [1.807, 2.05) is 43.1 Å². The van der Waals surface area contributed by atoms with Crippen LogP contribution in [-0.2, 0) is 11.3 Å². The van der Waals surface area contributed by atoms with Crippen molar-refractivity contribution in [2.45, 2.75) is 19.5 Å². The molecule has 2 N–H and O–H groups in total. The number of rotatable bonds is 4. The minimum atomic E-state index is -0.172. The van der Waals surface area contributed by atoms with E-state index in [2.05, 4.69) is 0 Å². The van der Waals surface area contributed by atoms with Crippen molar-refractivity contribution >= 4 is 11.6 Å². The maximum atomic E-state index is 11.8. The fourth-order valence-electron chi connectivity index (χ4n) is 1.63. The highest BCUT2D eigenvalue weighted by Gasteiger charge is 2.19. The number of carbonyl (C=O) groups excluding carboxylic acids is 1. The zero-order valence-corrected chi connectivity index (χ0v) is 11.0. The Morgan fingerprint density at radius 3 is 2.18 bits per heavy atom. The summed E-state index contributed by atoms with van der Waals surface area (Å²) in [6.45, 7) is 2.44. The number of hydrogen-bond acceptors (Lipinski definition) is 3. The van der Waals surface area contributed by atoms with Gasteiger partial charge in [-0.1, -0.05) is 12.1 Å². The first-order valence-corrected chi connectivity index (χ1v) is 5.70. The number of likely N-dealkylation sites (N-methyl/N-ethyl adjacent to an activating group) is 2. The zero-order valence-electron chi connectivity index (χ0n) is 11.0. The monoisotopic (exact) mass is 235 g/mol. The van der Waals surface area contributed by atoms with Crippen molar-refractivity contribution in [3.8, 4) is 0 Å². The van der Waals surface area contributed by atoms with Gasteiger partial charge in [-0.25, -0.2) is 0 Å². The number of nitrogens with two attached hydrogens (primary N) is 1. The third-order valence-electron chi connectivity index (χ3n) is 2.96. The molecule has 4 nitrogen and oxygen atoms in total. The van der Waals surface area contributed by atoms with Crippen molar-refractivity contribution in [3.05, 3.63) is 29.8 Å². The quantitative estimate of drug-likeness (QED) is 0.849. The maximum absolute atomic E-state index is 11.8. The molecule has 1 amide bonds. The minimum Gasteiger partial charge on any atom is -0.363 e. The Labute approximate surface area is 103 Å². The molecule has 4 heteroatoms. The minimum absolute atomic E-state index is 0.0930. The summed E-state index contributed by atoms with van der Waals surface area (Å²) in [5, 5.41) is 0. The largest absolute Gasteiger partial charge is 0.363 e. The highest BCUT2D eigenvalue weighted by Crippen LogP contribution is 2.16. The third kappa shape index (κ3) is 3.20. The van der Waals surface area contributed by atoms with Gasteiger partial charge in [0.2, 0.25) is 5.91 Å². The maximum Gasteiger partial charge on any atom is 0.244 e. The highest BCUT2D eigenvalue weighted by atomic mass is 16.2. The number of hydrogen-bond donors (Lipinski definition) is 1. The van der Waals surface area contributed by atoms with Crippen molar-refractivity contribution in [2.24, 2.45) is 5.73 Å². The second kappa shape index (κ2) is 5.68. The predicted molar refractivity (Wildman–Crippen MR) is 70.9 cm³/mol. The molecule has 1 aromatic rings. The summed E-state index contributed by atoms with van der Waals surface area (Å²) in [7, 11) is 5.46. The summed E-state index contributed by atoms with van der Waals surface area (Å²) in [5.74, 6) is 0.0930. The van der Waals surface area contributed by atoms with E-state index in [0.717, 1.165) is 11.3 Å². The second-order valence-electron chi connectivity index (χ2n) is 4.39. The summed E-state index contributed by atoms with van der Waals surface area (Å²) in [6.07, 6.45) is 0. The van der Waals surface area contributed by atoms with Crippen molar-refractivity contribution < 1.29 is 4.79 Å². The zero-order chi connectivity index (χ0) is 13.0. The van der Waals surface area contributed by atoms with Crippen LogP contribution in [0.3, 0.4) is 0 Å². The number of benzene rings is 1. The van der Waals surface area contributed by atoms with E-state index in [0.29, 0.717) is 6.54 Å². The molecule has 94 valence electrons. The molecule has 0 saturated heterocycles. The van der Waals surface area contributed by atoms with Gasteiger partial charge in [0.25, 0.3) is 0 Å². The van der Waals surface area contributed by atoms with Crippen LogP contribution in [0.2, 0.25) is 0 Å². The topological polar surface area (TPSA) is 49.6 Å². The highest BCUT2D eigenvalue weighted by molar-refractivity contribution is 5.84. The predicted octanol–water partition coefficient (Wildman–Crippen LogP) is 1.06. The van der Waals surface area contributed by atoms with Crippen LogP contribution in [0.4, 0.5) is 5.69 Å². The van der Waals surface area contributed by atoms with Crippen molar-refractivity contribution in [1.82, 2.24) is 4.90 Å². The summed E-state index contributed by atoms with van der Waals surface area (Å²) in [5.41, 5.74) is 7.66. The lowest BCUT2D eigenvalue weighted by Crippen LogP contribution is -2.42. The number of carbonyl (C=O) groups is 1. The van der Waals surface area contributed by atoms with Gasteiger partial charge in [-0.3, -0.25) is 4.79 Å². The normalized spacial score (nSPS) is 12.1. The average Bonchev–Trinajstić information content (AvgIpc) is 2.36. The van der Waals surface area contributed by atoms with Gasteiger partial charge in [0, 0.05) is 33.4 Å². The van der Waals surface area contributed by atoms with Gasteiger partial charge in [-0.15, -0.1) is 0 Å². The van der Waals surface area contributed by atoms with E-state index >= 15 is 0 Å². The van der Waals surface area contributed by atoms with Crippen molar-refractivity contribution in [3.63, 3.8) is 0 Å². The van der Waals surface area contributed by atoms with Crippen LogP contribution in [0.1, 0.15) is 12.5 Å². The van der Waals surface area contributed by atoms with E-state index in [1.165, 1.54) is 0 Å². The van der Waals surface area contributed by atoms with E-state index in [1.54, 1.807) is 19.0 Å². The molecule has 17 heavy (non-hydrogen) atoms. The molecule has 0 aliphatic heterocycles. The Morgan fingerprint density at radius 2 is 1.76 bits per heavy atom. The smallest absolute Gasteiger partial charge is 0.244 e. The Hall–Kier alpha value is -1.55. The molecule has 0 heterocycles. The Balaban J connectivity index is 2.81. The second-order valence-corrected chi connectivity index (χ2v) is 4.39. The van der Waals surface area contributed by atoms with E-state index < -0.39 is 0 Å². The van der Waals surface area contributed by atoms with Gasteiger partial charge in [0.1, 0.15) is 6.04 Å². The van der Waals surface area contributed by atoms with Crippen LogP contribution in [0, 0.1) is 0 Å². The lowest BCUT2D eigenvalue weighted by Gasteiger charge is -2.28. The van der Waals surface area contributed by atoms with Crippen molar-refractivity contribution in [2.75, 3.05) is 26.0 Å². The molecule has 0 saturated carbocycles. The molecule has 1 unspecified atom stereocenters. The fourth-order valence-corrected chi connectivity index (χ4v) is 1.63. The Morgan fingerprint density at radius 1 is 1.24 bits per heavy atom. The summed E-state index contributed by atoms with van der Waals surface area (Å²) in [6, 6.07) is 7.77. The van der Waals surface area contributed by atoms with Crippen LogP contribution in [0.25, 0.3) is 0 Å². The Bertz CT molecular complexity index is 373. The van der Waals surface area contributed by atoms with Gasteiger partial charge in [0.15, 0.2) is 0 Å². The van der Waals surface area contributed by atoms with Gasteiger partial charge in [-0.2, -0.15) is 0 Å². The molecular weight excluding hydrogens is 214 g/mol. The number of amides is 1. The standard InChI is InChI=1S/C13H21N3O/c1-10(13(17)15(2)3)16(4)12-7-5-11(9-14)6-8-12/h5-8,10H,9,14H2,1-4H3. The third-order valence-corrected chi connectivity index (χ3v) is 2.96. The van der Waals surface area contributed by atoms with Crippen LogP contribution in [0.5, 0.6) is 0 Å². The summed E-state index contributed by atoms with van der Waals surface area (Å²) in [4.78, 5) is 15.4. The van der Waals surface area contributed by atoms with Gasteiger partial charge >= 0.3 is 0 Å². The average molecular weight is 235 g/mol. The molecule has 1 aromatic carbocycles. The SMILES string of the molecule is CC(C(=O)N(C)C)N(C)c1ccc(CN)cc1. The number of anilines is 1. The Kier molecular flexibility index (Phi) is 4.52. The molecule has 0 bridgehead atoms. The molecule has 0 aliphatic carbocycles. The molecule has 0 spiro atoms. The van der Waals surface area contributed by atoms with E-state index in [-0.39, 0.29) is 11.9 Å². The van der Waals surface area contributed by atoms with E-state index in [9.17, 15) is 4.79 Å². The molecular formula is C13H21N3O. The fraction of sp³-hybridized carbons (Fsp3) is 0.462. The molecule has 0 aromatic heterocycles. The van der Waals surface area contributed by atoms with Crippen LogP contribution in [0.15, 0.2) is 24.3 Å². The van der Waals surface area contributed by atoms with E-state index in [4.69, 9.17) is 5.73 Å². The van der Waals surface area contributed by atoms with Crippen LogP contribution in [-0.4, -0.2) is 38.0 Å². The molecule has 0 radical (unpaired) electrons. The first-order valence-electron chi connectivity index (χ1n) is 5.70. The molecule has 1 atom stereocenters. The lowest BCUT2D eigenvalue weighted by molar-refractivity contribution is -0.129. The van der Waals surface area contributed by atoms with Crippen LogP contribution >= 0.6 is 0 Å².